The molecule has 2 aromatic heterocycles. The SMILES string of the molecule is c1cn(Cc2ccc(Sc3ccnc(Cc4ccc(N5CCOCC5)cc4)n3)cc2)nn1. The molecule has 1 fully saturated rings. The summed E-state index contributed by atoms with van der Waals surface area (Å²) in [5, 5.41) is 8.80. The van der Waals surface area contributed by atoms with Crippen molar-refractivity contribution < 1.29 is 4.74 Å². The highest BCUT2D eigenvalue weighted by Crippen LogP contribution is 2.26. The van der Waals surface area contributed by atoms with Crippen LogP contribution in [0.1, 0.15) is 17.0 Å². The molecule has 1 aliphatic rings. The topological polar surface area (TPSA) is 69.0 Å². The monoisotopic (exact) mass is 444 g/mol. The van der Waals surface area contributed by atoms with E-state index >= 15 is 0 Å². The van der Waals surface area contributed by atoms with Crippen molar-refractivity contribution in [3.8, 4) is 0 Å². The molecule has 0 bridgehead atoms. The summed E-state index contributed by atoms with van der Waals surface area (Å²) in [5.41, 5.74) is 3.64. The minimum atomic E-state index is 0.715. The van der Waals surface area contributed by atoms with E-state index in [0.29, 0.717) is 13.0 Å². The average Bonchev–Trinajstić information content (AvgIpc) is 3.35. The Labute approximate surface area is 191 Å². The van der Waals surface area contributed by atoms with Crippen molar-refractivity contribution in [1.82, 2.24) is 25.0 Å². The zero-order valence-electron chi connectivity index (χ0n) is 17.7. The van der Waals surface area contributed by atoms with Gasteiger partial charge in [0.05, 0.1) is 26.0 Å². The number of benzene rings is 2. The van der Waals surface area contributed by atoms with Gasteiger partial charge in [0.25, 0.3) is 0 Å². The van der Waals surface area contributed by atoms with Crippen molar-refractivity contribution in [1.29, 1.82) is 0 Å². The number of morpholine rings is 1. The maximum atomic E-state index is 5.44. The molecule has 0 N–H and O–H groups in total. The van der Waals surface area contributed by atoms with Gasteiger partial charge in [-0.25, -0.2) is 14.6 Å². The van der Waals surface area contributed by atoms with Crippen LogP contribution in [-0.4, -0.2) is 51.3 Å². The molecule has 1 aliphatic heterocycles. The molecule has 0 amide bonds. The molecule has 8 heteroatoms. The predicted molar refractivity (Wildman–Crippen MR) is 124 cm³/mol. The largest absolute Gasteiger partial charge is 0.378 e. The highest BCUT2D eigenvalue weighted by molar-refractivity contribution is 7.99. The maximum Gasteiger partial charge on any atom is 0.133 e. The summed E-state index contributed by atoms with van der Waals surface area (Å²) in [6.07, 6.45) is 6.11. The van der Waals surface area contributed by atoms with E-state index in [1.165, 1.54) is 16.8 Å². The van der Waals surface area contributed by atoms with Gasteiger partial charge in [0.2, 0.25) is 0 Å². The van der Waals surface area contributed by atoms with Crippen LogP contribution in [0.15, 0.2) is 83.1 Å². The third-order valence-electron chi connectivity index (χ3n) is 5.32. The predicted octanol–water partition coefficient (Wildman–Crippen LogP) is 3.70. The lowest BCUT2D eigenvalue weighted by atomic mass is 10.1. The number of aromatic nitrogens is 5. The number of rotatable bonds is 7. The molecule has 1 saturated heterocycles. The second-order valence-electron chi connectivity index (χ2n) is 7.60. The van der Waals surface area contributed by atoms with E-state index in [1.54, 1.807) is 18.0 Å². The summed E-state index contributed by atoms with van der Waals surface area (Å²) in [4.78, 5) is 12.7. The Morgan fingerprint density at radius 3 is 2.41 bits per heavy atom. The Morgan fingerprint density at radius 2 is 1.66 bits per heavy atom. The molecule has 2 aromatic carbocycles. The van der Waals surface area contributed by atoms with Gasteiger partial charge in [-0.3, -0.25) is 0 Å². The molecule has 0 aliphatic carbocycles. The van der Waals surface area contributed by atoms with Crippen LogP contribution < -0.4 is 4.90 Å². The molecule has 0 unspecified atom stereocenters. The van der Waals surface area contributed by atoms with Crippen LogP contribution in [0.4, 0.5) is 5.69 Å². The number of hydrogen-bond acceptors (Lipinski definition) is 7. The summed E-state index contributed by atoms with van der Waals surface area (Å²) in [6, 6.07) is 19.1. The minimum absolute atomic E-state index is 0.715. The highest BCUT2D eigenvalue weighted by atomic mass is 32.2. The molecule has 0 atom stereocenters. The van der Waals surface area contributed by atoms with E-state index in [0.717, 1.165) is 42.0 Å². The van der Waals surface area contributed by atoms with Gasteiger partial charge in [-0.1, -0.05) is 41.2 Å². The average molecular weight is 445 g/mol. The summed E-state index contributed by atoms with van der Waals surface area (Å²) < 4.78 is 7.25. The second kappa shape index (κ2) is 9.93. The van der Waals surface area contributed by atoms with Gasteiger partial charge < -0.3 is 9.64 Å². The Hall–Kier alpha value is -3.23. The zero-order valence-corrected chi connectivity index (χ0v) is 18.5. The van der Waals surface area contributed by atoms with E-state index in [-0.39, 0.29) is 0 Å². The first-order chi connectivity index (χ1) is 15.8. The van der Waals surface area contributed by atoms with Gasteiger partial charge in [0, 0.05) is 42.5 Å². The maximum absolute atomic E-state index is 5.44. The van der Waals surface area contributed by atoms with E-state index in [2.05, 4.69) is 68.7 Å². The van der Waals surface area contributed by atoms with E-state index < -0.39 is 0 Å². The van der Waals surface area contributed by atoms with Crippen molar-refractivity contribution in [3.05, 3.63) is 90.1 Å². The van der Waals surface area contributed by atoms with Crippen LogP contribution in [0, 0.1) is 0 Å². The molecule has 0 radical (unpaired) electrons. The van der Waals surface area contributed by atoms with E-state index in [4.69, 9.17) is 9.72 Å². The van der Waals surface area contributed by atoms with Gasteiger partial charge in [-0.2, -0.15) is 0 Å². The first kappa shape index (κ1) is 20.7. The summed E-state index contributed by atoms with van der Waals surface area (Å²) in [5.74, 6) is 0.830. The Bertz CT molecular complexity index is 1130. The first-order valence-corrected chi connectivity index (χ1v) is 11.5. The van der Waals surface area contributed by atoms with Crippen LogP contribution in [0.5, 0.6) is 0 Å². The smallest absolute Gasteiger partial charge is 0.133 e. The fourth-order valence-corrected chi connectivity index (χ4v) is 4.43. The molecular formula is C24H24N6OS. The van der Waals surface area contributed by atoms with Crippen LogP contribution in [0.2, 0.25) is 0 Å². The van der Waals surface area contributed by atoms with Gasteiger partial charge in [0.1, 0.15) is 10.9 Å². The van der Waals surface area contributed by atoms with Crippen molar-refractivity contribution >= 4 is 17.4 Å². The van der Waals surface area contributed by atoms with Gasteiger partial charge in [-0.15, -0.1) is 5.10 Å². The second-order valence-corrected chi connectivity index (χ2v) is 8.69. The van der Waals surface area contributed by atoms with Crippen LogP contribution in [0.25, 0.3) is 0 Å². The normalized spacial score (nSPS) is 13.9. The van der Waals surface area contributed by atoms with E-state index in [1.807, 2.05) is 23.1 Å². The third-order valence-corrected chi connectivity index (χ3v) is 6.26. The number of hydrogen-bond donors (Lipinski definition) is 0. The zero-order chi connectivity index (χ0) is 21.6. The van der Waals surface area contributed by atoms with Gasteiger partial charge in [0.15, 0.2) is 0 Å². The molecular weight excluding hydrogens is 420 g/mol. The van der Waals surface area contributed by atoms with Crippen LogP contribution in [0.3, 0.4) is 0 Å². The fraction of sp³-hybridized carbons (Fsp3) is 0.250. The Balaban J connectivity index is 1.21. The summed E-state index contributed by atoms with van der Waals surface area (Å²) in [7, 11) is 0. The molecule has 3 heterocycles. The molecule has 162 valence electrons. The lowest BCUT2D eigenvalue weighted by Crippen LogP contribution is -2.36. The molecule has 7 nitrogen and oxygen atoms in total. The lowest BCUT2D eigenvalue weighted by molar-refractivity contribution is 0.122. The first-order valence-electron chi connectivity index (χ1n) is 10.7. The van der Waals surface area contributed by atoms with Crippen molar-refractivity contribution in [2.24, 2.45) is 0 Å². The van der Waals surface area contributed by atoms with Crippen molar-refractivity contribution in [2.75, 3.05) is 31.2 Å². The van der Waals surface area contributed by atoms with E-state index in [9.17, 15) is 0 Å². The van der Waals surface area contributed by atoms with Gasteiger partial charge in [-0.05, 0) is 41.5 Å². The molecule has 0 spiro atoms. The Morgan fingerprint density at radius 1 is 0.875 bits per heavy atom. The van der Waals surface area contributed by atoms with Crippen molar-refractivity contribution in [2.45, 2.75) is 22.9 Å². The Kier molecular flexibility index (Phi) is 6.41. The molecule has 32 heavy (non-hydrogen) atoms. The summed E-state index contributed by atoms with van der Waals surface area (Å²) >= 11 is 1.65. The minimum Gasteiger partial charge on any atom is -0.378 e. The molecule has 5 rings (SSSR count). The number of ether oxygens (including phenoxy) is 1. The fourth-order valence-electron chi connectivity index (χ4n) is 3.64. The number of nitrogens with zero attached hydrogens (tertiary/aromatic N) is 6. The number of anilines is 1. The van der Waals surface area contributed by atoms with Gasteiger partial charge >= 0.3 is 0 Å². The highest BCUT2D eigenvalue weighted by Gasteiger charge is 2.11. The van der Waals surface area contributed by atoms with Crippen LogP contribution >= 0.6 is 11.8 Å². The lowest BCUT2D eigenvalue weighted by Gasteiger charge is -2.28. The standard InChI is InChI=1S/C24H24N6OS/c1-5-21(29-13-15-31-16-14-29)6-2-19(1)17-23-25-10-9-24(27-23)32-22-7-3-20(4-8-22)18-30-12-11-26-28-30/h1-12H,13-18H2. The molecule has 4 aromatic rings. The third kappa shape index (κ3) is 5.33. The quantitative estimate of drug-likeness (QED) is 0.403. The molecule has 0 saturated carbocycles. The van der Waals surface area contributed by atoms with Crippen LogP contribution in [-0.2, 0) is 17.7 Å². The summed E-state index contributed by atoms with van der Waals surface area (Å²) in [6.45, 7) is 4.20. The van der Waals surface area contributed by atoms with Crippen molar-refractivity contribution in [3.63, 3.8) is 0 Å².